The molecule has 1 rings (SSSR count). The third kappa shape index (κ3) is 4.94. The SMILES string of the molecule is CCN(CC(O)c1ccccc1C)C(C)CN(C)C. The van der Waals surface area contributed by atoms with E-state index in [1.807, 2.05) is 18.2 Å². The maximum Gasteiger partial charge on any atom is 0.0919 e. The van der Waals surface area contributed by atoms with Crippen LogP contribution in [0.2, 0.25) is 0 Å². The number of aryl methyl sites for hydroxylation is 1. The Kier molecular flexibility index (Phi) is 6.49. The largest absolute Gasteiger partial charge is 0.387 e. The third-order valence-corrected chi connectivity index (χ3v) is 3.61. The Morgan fingerprint density at radius 3 is 2.32 bits per heavy atom. The number of hydrogen-bond acceptors (Lipinski definition) is 3. The van der Waals surface area contributed by atoms with E-state index in [-0.39, 0.29) is 0 Å². The number of likely N-dealkylation sites (N-methyl/N-ethyl adjacent to an activating group) is 2. The lowest BCUT2D eigenvalue weighted by atomic mass is 10.0. The van der Waals surface area contributed by atoms with Gasteiger partial charge in [0.2, 0.25) is 0 Å². The molecule has 0 saturated heterocycles. The van der Waals surface area contributed by atoms with Crippen LogP contribution in [0.5, 0.6) is 0 Å². The fourth-order valence-corrected chi connectivity index (χ4v) is 2.55. The molecule has 1 N–H and O–H groups in total. The highest BCUT2D eigenvalue weighted by atomic mass is 16.3. The van der Waals surface area contributed by atoms with Crippen LogP contribution >= 0.6 is 0 Å². The summed E-state index contributed by atoms with van der Waals surface area (Å²) in [7, 11) is 4.17. The Morgan fingerprint density at radius 1 is 1.16 bits per heavy atom. The Balaban J connectivity index is 2.68. The summed E-state index contributed by atoms with van der Waals surface area (Å²) in [6.45, 7) is 9.07. The average Bonchev–Trinajstić information content (AvgIpc) is 2.35. The number of nitrogens with zero attached hydrogens (tertiary/aromatic N) is 2. The molecule has 2 atom stereocenters. The summed E-state index contributed by atoms with van der Waals surface area (Å²) >= 11 is 0. The van der Waals surface area contributed by atoms with Crippen molar-refractivity contribution in [2.75, 3.05) is 33.7 Å². The van der Waals surface area contributed by atoms with Gasteiger partial charge in [-0.05, 0) is 45.6 Å². The van der Waals surface area contributed by atoms with Crippen molar-refractivity contribution in [1.29, 1.82) is 0 Å². The van der Waals surface area contributed by atoms with Crippen LogP contribution in [0, 0.1) is 6.92 Å². The topological polar surface area (TPSA) is 26.7 Å². The Labute approximate surface area is 117 Å². The molecule has 1 aromatic rings. The highest BCUT2D eigenvalue weighted by molar-refractivity contribution is 5.27. The summed E-state index contributed by atoms with van der Waals surface area (Å²) in [6.07, 6.45) is -0.411. The first-order valence-corrected chi connectivity index (χ1v) is 7.08. The van der Waals surface area contributed by atoms with Crippen LogP contribution in [0.1, 0.15) is 31.1 Å². The molecule has 108 valence electrons. The first kappa shape index (κ1) is 16.2. The number of aliphatic hydroxyl groups is 1. The van der Waals surface area contributed by atoms with Crippen molar-refractivity contribution in [3.05, 3.63) is 35.4 Å². The predicted octanol–water partition coefficient (Wildman–Crippen LogP) is 2.30. The smallest absolute Gasteiger partial charge is 0.0919 e. The third-order valence-electron chi connectivity index (χ3n) is 3.61. The van der Waals surface area contributed by atoms with E-state index >= 15 is 0 Å². The van der Waals surface area contributed by atoms with Gasteiger partial charge in [0.15, 0.2) is 0 Å². The quantitative estimate of drug-likeness (QED) is 0.818. The molecule has 0 fully saturated rings. The predicted molar refractivity (Wildman–Crippen MR) is 81.4 cm³/mol. The van der Waals surface area contributed by atoms with Crippen LogP contribution < -0.4 is 0 Å². The monoisotopic (exact) mass is 264 g/mol. The highest BCUT2D eigenvalue weighted by Gasteiger charge is 2.18. The Morgan fingerprint density at radius 2 is 1.79 bits per heavy atom. The van der Waals surface area contributed by atoms with Crippen molar-refractivity contribution >= 4 is 0 Å². The van der Waals surface area contributed by atoms with E-state index < -0.39 is 6.10 Å². The summed E-state index contributed by atoms with van der Waals surface area (Å²) in [5.41, 5.74) is 2.20. The van der Waals surface area contributed by atoms with Crippen molar-refractivity contribution in [2.45, 2.75) is 32.9 Å². The van der Waals surface area contributed by atoms with Gasteiger partial charge < -0.3 is 10.0 Å². The zero-order valence-electron chi connectivity index (χ0n) is 12.9. The van der Waals surface area contributed by atoms with E-state index in [0.717, 1.165) is 24.2 Å². The van der Waals surface area contributed by atoms with Gasteiger partial charge in [0, 0.05) is 19.1 Å². The first-order chi connectivity index (χ1) is 8.95. The van der Waals surface area contributed by atoms with E-state index in [1.165, 1.54) is 0 Å². The lowest BCUT2D eigenvalue weighted by molar-refractivity contribution is 0.0855. The van der Waals surface area contributed by atoms with E-state index in [9.17, 15) is 5.11 Å². The minimum Gasteiger partial charge on any atom is -0.387 e. The zero-order valence-corrected chi connectivity index (χ0v) is 12.9. The second-order valence-corrected chi connectivity index (χ2v) is 5.57. The molecule has 0 saturated carbocycles. The van der Waals surface area contributed by atoms with Crippen molar-refractivity contribution in [1.82, 2.24) is 9.80 Å². The van der Waals surface area contributed by atoms with Gasteiger partial charge in [-0.1, -0.05) is 31.2 Å². The van der Waals surface area contributed by atoms with Gasteiger partial charge in [-0.25, -0.2) is 0 Å². The molecule has 0 amide bonds. The van der Waals surface area contributed by atoms with Gasteiger partial charge in [0.05, 0.1) is 6.10 Å². The Bertz CT molecular complexity index is 379. The lowest BCUT2D eigenvalue weighted by Gasteiger charge is -2.32. The molecule has 3 nitrogen and oxygen atoms in total. The van der Waals surface area contributed by atoms with Crippen LogP contribution in [0.25, 0.3) is 0 Å². The molecule has 0 aliphatic carbocycles. The molecule has 19 heavy (non-hydrogen) atoms. The fourth-order valence-electron chi connectivity index (χ4n) is 2.55. The van der Waals surface area contributed by atoms with Gasteiger partial charge in [0.25, 0.3) is 0 Å². The molecule has 2 unspecified atom stereocenters. The maximum absolute atomic E-state index is 10.4. The molecule has 0 bridgehead atoms. The minimum atomic E-state index is -0.411. The van der Waals surface area contributed by atoms with Crippen molar-refractivity contribution < 1.29 is 5.11 Å². The average molecular weight is 264 g/mol. The van der Waals surface area contributed by atoms with Crippen molar-refractivity contribution in [2.24, 2.45) is 0 Å². The lowest BCUT2D eigenvalue weighted by Crippen LogP contribution is -2.42. The van der Waals surface area contributed by atoms with Gasteiger partial charge in [-0.3, -0.25) is 4.90 Å². The minimum absolute atomic E-state index is 0.411. The zero-order chi connectivity index (χ0) is 14.4. The second-order valence-electron chi connectivity index (χ2n) is 5.57. The van der Waals surface area contributed by atoms with Gasteiger partial charge >= 0.3 is 0 Å². The Hall–Kier alpha value is -0.900. The molecule has 0 radical (unpaired) electrons. The summed E-state index contributed by atoms with van der Waals surface area (Å²) in [5, 5.41) is 10.4. The van der Waals surface area contributed by atoms with Crippen LogP contribution in [0.15, 0.2) is 24.3 Å². The molecule has 0 heterocycles. The molecule has 0 aliphatic rings. The van der Waals surface area contributed by atoms with Crippen LogP contribution in [-0.2, 0) is 0 Å². The van der Waals surface area contributed by atoms with Crippen LogP contribution in [0.4, 0.5) is 0 Å². The van der Waals surface area contributed by atoms with Gasteiger partial charge in [0.1, 0.15) is 0 Å². The molecular weight excluding hydrogens is 236 g/mol. The maximum atomic E-state index is 10.4. The van der Waals surface area contributed by atoms with Crippen molar-refractivity contribution in [3.8, 4) is 0 Å². The van der Waals surface area contributed by atoms with E-state index in [0.29, 0.717) is 12.6 Å². The number of rotatable bonds is 7. The summed E-state index contributed by atoms with van der Waals surface area (Å²) < 4.78 is 0. The molecule has 0 aliphatic heterocycles. The molecule has 3 heteroatoms. The normalized spacial score (nSPS) is 14.9. The fraction of sp³-hybridized carbons (Fsp3) is 0.625. The van der Waals surface area contributed by atoms with E-state index in [2.05, 4.69) is 50.7 Å². The second kappa shape index (κ2) is 7.63. The standard InChI is InChI=1S/C16H28N2O/c1-6-18(14(3)11-17(4)5)12-16(19)15-10-8-7-9-13(15)2/h7-10,14,16,19H,6,11-12H2,1-5H3. The highest BCUT2D eigenvalue weighted by Crippen LogP contribution is 2.19. The number of hydrogen-bond donors (Lipinski definition) is 1. The van der Waals surface area contributed by atoms with Crippen LogP contribution in [0.3, 0.4) is 0 Å². The number of aliphatic hydroxyl groups excluding tert-OH is 1. The summed E-state index contributed by atoms with van der Waals surface area (Å²) in [4.78, 5) is 4.52. The molecule has 1 aromatic carbocycles. The van der Waals surface area contributed by atoms with Gasteiger partial charge in [-0.2, -0.15) is 0 Å². The van der Waals surface area contributed by atoms with Crippen molar-refractivity contribution in [3.63, 3.8) is 0 Å². The van der Waals surface area contributed by atoms with E-state index in [1.54, 1.807) is 0 Å². The molecule has 0 aromatic heterocycles. The summed E-state index contributed by atoms with van der Waals surface area (Å²) in [5.74, 6) is 0. The first-order valence-electron chi connectivity index (χ1n) is 7.08. The van der Waals surface area contributed by atoms with Gasteiger partial charge in [-0.15, -0.1) is 0 Å². The van der Waals surface area contributed by atoms with E-state index in [4.69, 9.17) is 0 Å². The summed E-state index contributed by atoms with van der Waals surface area (Å²) in [6, 6.07) is 8.52. The van der Waals surface area contributed by atoms with Crippen LogP contribution in [-0.4, -0.2) is 54.7 Å². The molecule has 0 spiro atoms. The molecular formula is C16H28N2O. The number of benzene rings is 1.